The SMILES string of the molecule is Cc1ccc([C@](O)(CCNc2nnc(C)c(C)c2C#N)C(F)(F)F)o1. The minimum atomic E-state index is -4.92. The summed E-state index contributed by atoms with van der Waals surface area (Å²) in [5, 5.41) is 29.6. The molecule has 134 valence electrons. The normalized spacial score (nSPS) is 14.0. The molecule has 0 amide bonds. The average Bonchev–Trinajstić information content (AvgIpc) is 2.96. The Labute approximate surface area is 142 Å². The number of aliphatic hydroxyl groups is 1. The fourth-order valence-corrected chi connectivity index (χ4v) is 2.29. The molecule has 9 heteroatoms. The van der Waals surface area contributed by atoms with Crippen LogP contribution in [0.1, 0.15) is 34.8 Å². The maximum Gasteiger partial charge on any atom is 0.424 e. The highest BCUT2D eigenvalue weighted by Crippen LogP contribution is 2.42. The summed E-state index contributed by atoms with van der Waals surface area (Å²) >= 11 is 0. The molecule has 0 aliphatic rings. The van der Waals surface area contributed by atoms with Gasteiger partial charge >= 0.3 is 6.18 Å². The lowest BCUT2D eigenvalue weighted by Gasteiger charge is -2.28. The molecule has 0 saturated carbocycles. The molecule has 2 rings (SSSR count). The number of halogens is 3. The van der Waals surface area contributed by atoms with E-state index in [9.17, 15) is 23.5 Å². The highest BCUT2D eigenvalue weighted by molar-refractivity contribution is 5.55. The molecule has 0 unspecified atom stereocenters. The monoisotopic (exact) mass is 354 g/mol. The first-order valence-electron chi connectivity index (χ1n) is 7.44. The molecule has 0 radical (unpaired) electrons. The van der Waals surface area contributed by atoms with E-state index in [-0.39, 0.29) is 23.7 Å². The van der Waals surface area contributed by atoms with Gasteiger partial charge in [-0.1, -0.05) is 0 Å². The van der Waals surface area contributed by atoms with Crippen molar-refractivity contribution in [1.82, 2.24) is 10.2 Å². The molecule has 25 heavy (non-hydrogen) atoms. The highest BCUT2D eigenvalue weighted by Gasteiger charge is 2.56. The van der Waals surface area contributed by atoms with E-state index in [0.29, 0.717) is 11.3 Å². The molecule has 2 N–H and O–H groups in total. The molecular formula is C16H17F3N4O2. The van der Waals surface area contributed by atoms with Crippen LogP contribution in [0.25, 0.3) is 0 Å². The Bertz CT molecular complexity index is 811. The van der Waals surface area contributed by atoms with Crippen LogP contribution in [0.3, 0.4) is 0 Å². The van der Waals surface area contributed by atoms with Crippen molar-refractivity contribution in [3.05, 3.63) is 40.5 Å². The van der Waals surface area contributed by atoms with E-state index in [2.05, 4.69) is 15.5 Å². The predicted octanol–water partition coefficient (Wildman–Crippen LogP) is 3.12. The third-order valence-electron chi connectivity index (χ3n) is 3.96. The molecule has 2 aromatic heterocycles. The summed E-state index contributed by atoms with van der Waals surface area (Å²) in [7, 11) is 0. The van der Waals surface area contributed by atoms with E-state index in [0.717, 1.165) is 6.07 Å². The zero-order valence-electron chi connectivity index (χ0n) is 13.9. The Morgan fingerprint density at radius 1 is 1.24 bits per heavy atom. The van der Waals surface area contributed by atoms with Crippen LogP contribution in [0.15, 0.2) is 16.5 Å². The number of furan rings is 1. The van der Waals surface area contributed by atoms with Gasteiger partial charge in [0.05, 0.1) is 5.69 Å². The van der Waals surface area contributed by atoms with Gasteiger partial charge in [-0.25, -0.2) is 0 Å². The van der Waals surface area contributed by atoms with E-state index in [1.807, 2.05) is 6.07 Å². The van der Waals surface area contributed by atoms with Gasteiger partial charge in [-0.3, -0.25) is 0 Å². The molecule has 6 nitrogen and oxygen atoms in total. The third kappa shape index (κ3) is 3.58. The second-order valence-electron chi connectivity index (χ2n) is 5.69. The molecule has 0 aliphatic heterocycles. The Morgan fingerprint density at radius 3 is 2.44 bits per heavy atom. The first-order chi connectivity index (χ1) is 11.6. The van der Waals surface area contributed by atoms with Crippen molar-refractivity contribution in [2.45, 2.75) is 39.0 Å². The van der Waals surface area contributed by atoms with Crippen molar-refractivity contribution in [1.29, 1.82) is 5.26 Å². The van der Waals surface area contributed by atoms with E-state index in [4.69, 9.17) is 4.42 Å². The third-order valence-corrected chi connectivity index (χ3v) is 3.96. The molecular weight excluding hydrogens is 337 g/mol. The number of anilines is 1. The topological polar surface area (TPSA) is 95.0 Å². The van der Waals surface area contributed by atoms with Crippen molar-refractivity contribution in [2.75, 3.05) is 11.9 Å². The molecule has 0 aliphatic carbocycles. The van der Waals surface area contributed by atoms with Gasteiger partial charge in [0.1, 0.15) is 23.2 Å². The maximum atomic E-state index is 13.4. The van der Waals surface area contributed by atoms with Crippen LogP contribution < -0.4 is 5.32 Å². The van der Waals surface area contributed by atoms with Crippen molar-refractivity contribution in [3.63, 3.8) is 0 Å². The van der Waals surface area contributed by atoms with Crippen LogP contribution in [-0.4, -0.2) is 28.0 Å². The second-order valence-corrected chi connectivity index (χ2v) is 5.69. The minimum Gasteiger partial charge on any atom is -0.463 e. The average molecular weight is 354 g/mol. The van der Waals surface area contributed by atoms with Crippen LogP contribution >= 0.6 is 0 Å². The molecule has 1 atom stereocenters. The van der Waals surface area contributed by atoms with Gasteiger partial charge in [0.15, 0.2) is 5.82 Å². The number of hydrogen-bond acceptors (Lipinski definition) is 6. The van der Waals surface area contributed by atoms with Gasteiger partial charge in [0.2, 0.25) is 5.60 Å². The van der Waals surface area contributed by atoms with Gasteiger partial charge < -0.3 is 14.8 Å². The van der Waals surface area contributed by atoms with Gasteiger partial charge in [-0.05, 0) is 38.5 Å². The van der Waals surface area contributed by atoms with Crippen molar-refractivity contribution >= 4 is 5.82 Å². The smallest absolute Gasteiger partial charge is 0.424 e. The fraction of sp³-hybridized carbons (Fsp3) is 0.438. The molecule has 0 fully saturated rings. The number of aryl methyl sites for hydroxylation is 2. The summed E-state index contributed by atoms with van der Waals surface area (Å²) in [6, 6.07) is 4.40. The first-order valence-corrected chi connectivity index (χ1v) is 7.44. The molecule has 0 spiro atoms. The van der Waals surface area contributed by atoms with Crippen LogP contribution in [-0.2, 0) is 5.60 Å². The quantitative estimate of drug-likeness (QED) is 0.857. The van der Waals surface area contributed by atoms with Crippen molar-refractivity contribution in [2.24, 2.45) is 0 Å². The van der Waals surface area contributed by atoms with Gasteiger partial charge in [0.25, 0.3) is 0 Å². The summed E-state index contributed by atoms with van der Waals surface area (Å²) in [6.45, 7) is 4.55. The van der Waals surface area contributed by atoms with Crippen molar-refractivity contribution < 1.29 is 22.7 Å². The number of nitriles is 1. The largest absolute Gasteiger partial charge is 0.463 e. The number of hydrogen-bond donors (Lipinski definition) is 2. The van der Waals surface area contributed by atoms with E-state index >= 15 is 0 Å². The lowest BCUT2D eigenvalue weighted by molar-refractivity contribution is -0.274. The zero-order chi connectivity index (χ0) is 18.8. The Hall–Kier alpha value is -2.60. The van der Waals surface area contributed by atoms with Crippen LogP contribution in [0, 0.1) is 32.1 Å². The van der Waals surface area contributed by atoms with Crippen molar-refractivity contribution in [3.8, 4) is 6.07 Å². The highest BCUT2D eigenvalue weighted by atomic mass is 19.4. The number of alkyl halides is 3. The van der Waals surface area contributed by atoms with E-state index in [1.165, 1.54) is 13.0 Å². The van der Waals surface area contributed by atoms with Gasteiger partial charge in [0, 0.05) is 13.0 Å². The molecule has 2 aromatic rings. The number of nitrogens with zero attached hydrogens (tertiary/aromatic N) is 3. The summed E-state index contributed by atoms with van der Waals surface area (Å²) in [5.74, 6) is -0.242. The van der Waals surface area contributed by atoms with Gasteiger partial charge in [-0.2, -0.15) is 23.5 Å². The molecule has 2 heterocycles. The zero-order valence-corrected chi connectivity index (χ0v) is 13.9. The molecule has 0 bridgehead atoms. The number of nitrogens with one attached hydrogen (secondary N) is 1. The Kier molecular flexibility index (Phi) is 5.04. The van der Waals surface area contributed by atoms with Crippen LogP contribution in [0.4, 0.5) is 19.0 Å². The Morgan fingerprint density at radius 2 is 1.92 bits per heavy atom. The van der Waals surface area contributed by atoms with Gasteiger partial charge in [-0.15, -0.1) is 5.10 Å². The van der Waals surface area contributed by atoms with Crippen LogP contribution in [0.2, 0.25) is 0 Å². The molecule has 0 saturated heterocycles. The molecule has 0 aromatic carbocycles. The lowest BCUT2D eigenvalue weighted by atomic mass is 9.95. The summed E-state index contributed by atoms with van der Waals surface area (Å²) in [4.78, 5) is 0. The first kappa shape index (κ1) is 18.7. The van der Waals surface area contributed by atoms with E-state index in [1.54, 1.807) is 13.8 Å². The predicted molar refractivity (Wildman–Crippen MR) is 82.7 cm³/mol. The summed E-state index contributed by atoms with van der Waals surface area (Å²) < 4.78 is 45.1. The standard InChI is InChI=1S/C16H17F3N4O2/c1-9-4-5-13(25-9)15(24,16(17,18)19)6-7-21-14-12(8-20)10(2)11(3)22-23-14/h4-5,24H,6-7H2,1-3H3,(H,21,23)/t15-/m1/s1. The lowest BCUT2D eigenvalue weighted by Crippen LogP contribution is -2.43. The maximum absolute atomic E-state index is 13.4. The summed E-state index contributed by atoms with van der Waals surface area (Å²) in [6.07, 6.45) is -5.64. The number of aromatic nitrogens is 2. The summed E-state index contributed by atoms with van der Waals surface area (Å²) in [5.41, 5.74) is -1.79. The minimum absolute atomic E-state index is 0.0748. The van der Waals surface area contributed by atoms with Crippen LogP contribution in [0.5, 0.6) is 0 Å². The number of rotatable bonds is 5. The fourth-order valence-electron chi connectivity index (χ4n) is 2.29. The Balaban J connectivity index is 2.21. The van der Waals surface area contributed by atoms with E-state index < -0.39 is 24.0 Å². The second kappa shape index (κ2) is 6.72.